The minimum Gasteiger partial charge on any atom is -0.368 e. The van der Waals surface area contributed by atoms with Crippen LogP contribution >= 0.6 is 11.6 Å². The van der Waals surface area contributed by atoms with Gasteiger partial charge in [-0.1, -0.05) is 11.6 Å². The highest BCUT2D eigenvalue weighted by atomic mass is 35.5. The van der Waals surface area contributed by atoms with Gasteiger partial charge in [0.05, 0.1) is 6.20 Å². The fraction of sp³-hybridized carbons (Fsp3) is 0.636. The van der Waals surface area contributed by atoms with E-state index >= 15 is 0 Å². The number of aromatic nitrogens is 2. The van der Waals surface area contributed by atoms with Crippen molar-refractivity contribution >= 4 is 23.4 Å². The molecule has 0 bridgehead atoms. The molecule has 2 fully saturated rings. The van der Waals surface area contributed by atoms with Crippen molar-refractivity contribution in [3.8, 4) is 0 Å². The van der Waals surface area contributed by atoms with Crippen LogP contribution in [0.15, 0.2) is 6.20 Å². The maximum atomic E-state index is 6.06. The molecule has 0 amide bonds. The molecule has 2 aliphatic rings. The predicted octanol–water partition coefficient (Wildman–Crippen LogP) is 1.36. The Bertz CT molecular complexity index is 424. The van der Waals surface area contributed by atoms with Crippen molar-refractivity contribution < 1.29 is 0 Å². The minimum atomic E-state index is 0.262. The summed E-state index contributed by atoms with van der Waals surface area (Å²) in [5.41, 5.74) is 5.58. The highest BCUT2D eigenvalue weighted by molar-refractivity contribution is 6.32. The van der Waals surface area contributed by atoms with Crippen molar-refractivity contribution in [2.75, 3.05) is 24.1 Å². The van der Waals surface area contributed by atoms with Crippen LogP contribution in [-0.4, -0.2) is 40.0 Å². The van der Waals surface area contributed by atoms with Crippen molar-refractivity contribution in [2.24, 2.45) is 0 Å². The highest BCUT2D eigenvalue weighted by Crippen LogP contribution is 2.31. The summed E-state index contributed by atoms with van der Waals surface area (Å²) in [7, 11) is 0. The number of hydrogen-bond acceptors (Lipinski definition) is 5. The number of nitrogens with two attached hydrogens (primary N) is 1. The molecule has 1 aromatic heterocycles. The third kappa shape index (κ3) is 2.05. The zero-order chi connectivity index (χ0) is 11.8. The van der Waals surface area contributed by atoms with Gasteiger partial charge in [-0.3, -0.25) is 4.90 Å². The predicted molar refractivity (Wildman–Crippen MR) is 68.1 cm³/mol. The largest absolute Gasteiger partial charge is 0.368 e. The Hall–Kier alpha value is -1.07. The van der Waals surface area contributed by atoms with Gasteiger partial charge in [0.15, 0.2) is 5.82 Å². The van der Waals surface area contributed by atoms with Gasteiger partial charge < -0.3 is 11.1 Å². The van der Waals surface area contributed by atoms with Gasteiger partial charge in [-0.2, -0.15) is 4.98 Å². The molecule has 92 valence electrons. The van der Waals surface area contributed by atoms with E-state index in [1.165, 1.54) is 25.9 Å². The van der Waals surface area contributed by atoms with Crippen molar-refractivity contribution in [3.63, 3.8) is 0 Å². The first kappa shape index (κ1) is 11.0. The average molecular weight is 254 g/mol. The molecule has 1 aromatic rings. The monoisotopic (exact) mass is 253 g/mol. The molecule has 3 heterocycles. The van der Waals surface area contributed by atoms with Crippen LogP contribution in [0.3, 0.4) is 0 Å². The molecular weight excluding hydrogens is 238 g/mol. The molecule has 17 heavy (non-hydrogen) atoms. The quantitative estimate of drug-likeness (QED) is 0.833. The lowest BCUT2D eigenvalue weighted by molar-refractivity contribution is 0.318. The van der Waals surface area contributed by atoms with Crippen LogP contribution in [-0.2, 0) is 0 Å². The van der Waals surface area contributed by atoms with Gasteiger partial charge in [-0.15, -0.1) is 0 Å². The number of hydrogen-bond donors (Lipinski definition) is 2. The summed E-state index contributed by atoms with van der Waals surface area (Å²) in [6.07, 6.45) is 5.25. The second-order valence-electron chi connectivity index (χ2n) is 4.71. The molecule has 0 aliphatic carbocycles. The summed E-state index contributed by atoms with van der Waals surface area (Å²) in [6, 6.07) is 1.06. The highest BCUT2D eigenvalue weighted by Gasteiger charge is 2.37. The Balaban J connectivity index is 1.76. The van der Waals surface area contributed by atoms with E-state index in [1.807, 2.05) is 0 Å². The van der Waals surface area contributed by atoms with Crippen LogP contribution in [0.1, 0.15) is 19.3 Å². The zero-order valence-corrected chi connectivity index (χ0v) is 10.3. The molecule has 3 rings (SSSR count). The summed E-state index contributed by atoms with van der Waals surface area (Å²) in [4.78, 5) is 10.6. The lowest BCUT2D eigenvalue weighted by atomic mass is 10.1. The molecule has 0 spiro atoms. The van der Waals surface area contributed by atoms with E-state index in [-0.39, 0.29) is 5.95 Å². The summed E-state index contributed by atoms with van der Waals surface area (Å²) in [5, 5.41) is 3.95. The number of nitrogen functional groups attached to an aromatic ring is 1. The van der Waals surface area contributed by atoms with Gasteiger partial charge in [0, 0.05) is 18.6 Å². The van der Waals surface area contributed by atoms with Crippen molar-refractivity contribution in [2.45, 2.75) is 31.3 Å². The van der Waals surface area contributed by atoms with E-state index in [0.717, 1.165) is 6.42 Å². The zero-order valence-electron chi connectivity index (χ0n) is 9.56. The maximum absolute atomic E-state index is 6.06. The Morgan fingerprint density at radius 3 is 3.18 bits per heavy atom. The molecule has 0 saturated carbocycles. The number of anilines is 2. The van der Waals surface area contributed by atoms with Crippen LogP contribution < -0.4 is 11.1 Å². The Labute approximate surface area is 105 Å². The average Bonchev–Trinajstić information content (AvgIpc) is 2.88. The van der Waals surface area contributed by atoms with Crippen LogP contribution in [0.2, 0.25) is 5.02 Å². The van der Waals surface area contributed by atoms with E-state index in [9.17, 15) is 0 Å². The molecule has 0 aromatic carbocycles. The number of fused-ring (bicyclic) bond motifs is 1. The van der Waals surface area contributed by atoms with Gasteiger partial charge in [0.25, 0.3) is 0 Å². The normalized spacial score (nSPS) is 28.3. The summed E-state index contributed by atoms with van der Waals surface area (Å²) >= 11 is 6.06. The lowest BCUT2D eigenvalue weighted by Gasteiger charge is -2.22. The molecule has 2 aliphatic heterocycles. The second kappa shape index (κ2) is 4.31. The first-order valence-electron chi connectivity index (χ1n) is 6.02. The van der Waals surface area contributed by atoms with Crippen molar-refractivity contribution in [1.82, 2.24) is 14.9 Å². The molecular formula is C11H16ClN5. The summed E-state index contributed by atoms with van der Waals surface area (Å²) < 4.78 is 0. The molecule has 6 heteroatoms. The fourth-order valence-electron chi connectivity index (χ4n) is 2.91. The van der Waals surface area contributed by atoms with Gasteiger partial charge in [0.1, 0.15) is 5.02 Å². The minimum absolute atomic E-state index is 0.262. The summed E-state index contributed by atoms with van der Waals surface area (Å²) in [5.74, 6) is 0.927. The second-order valence-corrected chi connectivity index (χ2v) is 5.12. The molecule has 2 saturated heterocycles. The van der Waals surface area contributed by atoms with E-state index in [0.29, 0.717) is 22.9 Å². The van der Waals surface area contributed by atoms with Crippen LogP contribution in [0.5, 0.6) is 0 Å². The smallest absolute Gasteiger partial charge is 0.222 e. The Kier molecular flexibility index (Phi) is 2.80. The Morgan fingerprint density at radius 2 is 2.29 bits per heavy atom. The third-order valence-electron chi connectivity index (χ3n) is 3.69. The first-order chi connectivity index (χ1) is 8.24. The van der Waals surface area contributed by atoms with E-state index < -0.39 is 0 Å². The standard InChI is InChI=1S/C11H16ClN5/c12-7-6-14-11(13)16-10(7)15-8-3-5-17-4-1-2-9(8)17/h6,8-9H,1-5H2,(H3,13,14,15,16). The van der Waals surface area contributed by atoms with Crippen LogP contribution in [0.4, 0.5) is 11.8 Å². The van der Waals surface area contributed by atoms with Gasteiger partial charge in [-0.05, 0) is 25.8 Å². The summed E-state index contributed by atoms with van der Waals surface area (Å²) in [6.45, 7) is 2.39. The van der Waals surface area contributed by atoms with E-state index in [1.54, 1.807) is 6.20 Å². The molecule has 2 unspecified atom stereocenters. The molecule has 5 nitrogen and oxygen atoms in total. The first-order valence-corrected chi connectivity index (χ1v) is 6.40. The Morgan fingerprint density at radius 1 is 1.41 bits per heavy atom. The van der Waals surface area contributed by atoms with Crippen LogP contribution in [0, 0.1) is 0 Å². The number of nitrogens with one attached hydrogen (secondary N) is 1. The van der Waals surface area contributed by atoms with E-state index in [2.05, 4.69) is 20.2 Å². The molecule has 2 atom stereocenters. The SMILES string of the molecule is Nc1ncc(Cl)c(NC2CCN3CCCC23)n1. The van der Waals surface area contributed by atoms with Crippen LogP contribution in [0.25, 0.3) is 0 Å². The number of rotatable bonds is 2. The van der Waals surface area contributed by atoms with Crippen molar-refractivity contribution in [1.29, 1.82) is 0 Å². The third-order valence-corrected chi connectivity index (χ3v) is 3.97. The number of nitrogens with zero attached hydrogens (tertiary/aromatic N) is 3. The van der Waals surface area contributed by atoms with Gasteiger partial charge in [0.2, 0.25) is 5.95 Å². The molecule has 3 N–H and O–H groups in total. The topological polar surface area (TPSA) is 67.1 Å². The van der Waals surface area contributed by atoms with Gasteiger partial charge in [-0.25, -0.2) is 4.98 Å². The molecule has 0 radical (unpaired) electrons. The number of halogens is 1. The fourth-order valence-corrected chi connectivity index (χ4v) is 3.05. The maximum Gasteiger partial charge on any atom is 0.222 e. The van der Waals surface area contributed by atoms with Gasteiger partial charge >= 0.3 is 0 Å². The lowest BCUT2D eigenvalue weighted by Crippen LogP contribution is -2.34. The van der Waals surface area contributed by atoms with E-state index in [4.69, 9.17) is 17.3 Å². The van der Waals surface area contributed by atoms with Crippen molar-refractivity contribution in [3.05, 3.63) is 11.2 Å².